The summed E-state index contributed by atoms with van der Waals surface area (Å²) in [6.07, 6.45) is 3.93. The van der Waals surface area contributed by atoms with Gasteiger partial charge in [-0.2, -0.15) is 0 Å². The van der Waals surface area contributed by atoms with Gasteiger partial charge in [-0.15, -0.1) is 0 Å². The zero-order valence-electron chi connectivity index (χ0n) is 7.30. The maximum atomic E-state index is 10.9. The lowest BCUT2D eigenvalue weighted by Gasteiger charge is -2.29. The van der Waals surface area contributed by atoms with Crippen LogP contribution < -0.4 is 0 Å². The van der Waals surface area contributed by atoms with E-state index in [9.17, 15) is 4.79 Å². The Morgan fingerprint density at radius 2 is 2.18 bits per heavy atom. The summed E-state index contributed by atoms with van der Waals surface area (Å²) in [4.78, 5) is 10.9. The standard InChI is InChI=1S/C9H16O2/c1-3-7-5-6-9(10)11-8(7)4-2/h7-8H,3-6H2,1-2H3. The number of esters is 1. The lowest BCUT2D eigenvalue weighted by Crippen LogP contribution is -2.31. The molecule has 1 heterocycles. The van der Waals surface area contributed by atoms with Crippen LogP contribution in [0.5, 0.6) is 0 Å². The Balaban J connectivity index is 2.48. The highest BCUT2D eigenvalue weighted by Gasteiger charge is 2.27. The quantitative estimate of drug-likeness (QED) is 0.572. The molecule has 2 heteroatoms. The molecule has 0 aliphatic carbocycles. The van der Waals surface area contributed by atoms with E-state index in [1.807, 2.05) is 0 Å². The van der Waals surface area contributed by atoms with Crippen LogP contribution in [0, 0.1) is 5.92 Å². The molecule has 0 N–H and O–H groups in total. The van der Waals surface area contributed by atoms with Gasteiger partial charge >= 0.3 is 5.97 Å². The third-order valence-electron chi connectivity index (χ3n) is 2.45. The second-order valence-corrected chi connectivity index (χ2v) is 3.14. The Bertz CT molecular complexity index is 142. The molecule has 0 radical (unpaired) electrons. The van der Waals surface area contributed by atoms with E-state index in [0.717, 1.165) is 19.3 Å². The van der Waals surface area contributed by atoms with E-state index in [1.54, 1.807) is 0 Å². The largest absolute Gasteiger partial charge is 0.462 e. The van der Waals surface area contributed by atoms with E-state index >= 15 is 0 Å². The molecule has 1 aliphatic rings. The average molecular weight is 156 g/mol. The number of cyclic esters (lactones) is 1. The SMILES string of the molecule is CCC1CCC(=O)OC1CC. The highest BCUT2D eigenvalue weighted by Crippen LogP contribution is 2.26. The zero-order valence-corrected chi connectivity index (χ0v) is 7.30. The van der Waals surface area contributed by atoms with Crippen molar-refractivity contribution in [1.82, 2.24) is 0 Å². The van der Waals surface area contributed by atoms with Crippen molar-refractivity contribution in [3.8, 4) is 0 Å². The molecule has 0 aromatic rings. The lowest BCUT2D eigenvalue weighted by atomic mass is 9.90. The first-order chi connectivity index (χ1) is 5.27. The summed E-state index contributed by atoms with van der Waals surface area (Å²) in [6, 6.07) is 0. The summed E-state index contributed by atoms with van der Waals surface area (Å²) < 4.78 is 5.20. The number of rotatable bonds is 2. The summed E-state index contributed by atoms with van der Waals surface area (Å²) in [6.45, 7) is 4.23. The number of ether oxygens (including phenoxy) is 1. The molecule has 1 rings (SSSR count). The molecule has 2 atom stereocenters. The summed E-state index contributed by atoms with van der Waals surface area (Å²) in [5.41, 5.74) is 0. The lowest BCUT2D eigenvalue weighted by molar-refractivity contribution is -0.158. The minimum Gasteiger partial charge on any atom is -0.462 e. The molecule has 2 nitrogen and oxygen atoms in total. The van der Waals surface area contributed by atoms with E-state index < -0.39 is 0 Å². The first-order valence-electron chi connectivity index (χ1n) is 4.47. The Morgan fingerprint density at radius 3 is 2.73 bits per heavy atom. The number of hydrogen-bond donors (Lipinski definition) is 0. The smallest absolute Gasteiger partial charge is 0.306 e. The topological polar surface area (TPSA) is 26.3 Å². The Kier molecular flexibility index (Phi) is 2.92. The molecule has 0 aromatic carbocycles. The van der Waals surface area contributed by atoms with E-state index in [1.165, 1.54) is 0 Å². The van der Waals surface area contributed by atoms with Crippen molar-refractivity contribution >= 4 is 5.97 Å². The minimum absolute atomic E-state index is 0.0125. The van der Waals surface area contributed by atoms with Crippen LogP contribution in [-0.2, 0) is 9.53 Å². The van der Waals surface area contributed by atoms with Crippen molar-refractivity contribution in [1.29, 1.82) is 0 Å². The molecular weight excluding hydrogens is 140 g/mol. The van der Waals surface area contributed by atoms with Crippen LogP contribution in [0.2, 0.25) is 0 Å². The van der Waals surface area contributed by atoms with Crippen molar-refractivity contribution in [2.24, 2.45) is 5.92 Å². The van der Waals surface area contributed by atoms with Gasteiger partial charge in [0, 0.05) is 6.42 Å². The Hall–Kier alpha value is -0.530. The van der Waals surface area contributed by atoms with Gasteiger partial charge < -0.3 is 4.74 Å². The first-order valence-corrected chi connectivity index (χ1v) is 4.47. The van der Waals surface area contributed by atoms with Crippen molar-refractivity contribution < 1.29 is 9.53 Å². The third-order valence-corrected chi connectivity index (χ3v) is 2.45. The summed E-state index contributed by atoms with van der Waals surface area (Å²) >= 11 is 0. The van der Waals surface area contributed by atoms with Crippen LogP contribution in [-0.4, -0.2) is 12.1 Å². The van der Waals surface area contributed by atoms with E-state index in [-0.39, 0.29) is 12.1 Å². The number of hydrogen-bond acceptors (Lipinski definition) is 2. The molecule has 1 saturated heterocycles. The van der Waals surface area contributed by atoms with Crippen molar-refractivity contribution in [2.45, 2.75) is 45.6 Å². The highest BCUT2D eigenvalue weighted by molar-refractivity contribution is 5.70. The molecule has 0 aromatic heterocycles. The van der Waals surface area contributed by atoms with Gasteiger partial charge in [0.2, 0.25) is 0 Å². The predicted molar refractivity (Wildman–Crippen MR) is 43.2 cm³/mol. The van der Waals surface area contributed by atoms with Crippen LogP contribution >= 0.6 is 0 Å². The van der Waals surface area contributed by atoms with Crippen LogP contribution in [0.1, 0.15) is 39.5 Å². The second-order valence-electron chi connectivity index (χ2n) is 3.14. The fourth-order valence-corrected chi connectivity index (χ4v) is 1.70. The van der Waals surface area contributed by atoms with Gasteiger partial charge in [-0.05, 0) is 25.2 Å². The second kappa shape index (κ2) is 3.74. The molecule has 0 bridgehead atoms. The number of carbonyl (C=O) groups excluding carboxylic acids is 1. The maximum absolute atomic E-state index is 10.9. The van der Waals surface area contributed by atoms with Crippen LogP contribution in [0.4, 0.5) is 0 Å². The molecule has 0 saturated carbocycles. The van der Waals surface area contributed by atoms with Crippen LogP contribution in [0.15, 0.2) is 0 Å². The first kappa shape index (κ1) is 8.57. The monoisotopic (exact) mass is 156 g/mol. The predicted octanol–water partition coefficient (Wildman–Crippen LogP) is 2.13. The van der Waals surface area contributed by atoms with Gasteiger partial charge in [0.1, 0.15) is 6.10 Å². The van der Waals surface area contributed by atoms with Crippen molar-refractivity contribution in [3.63, 3.8) is 0 Å². The molecule has 64 valence electrons. The van der Waals surface area contributed by atoms with E-state index in [4.69, 9.17) is 4.74 Å². The maximum Gasteiger partial charge on any atom is 0.306 e. The van der Waals surface area contributed by atoms with Crippen LogP contribution in [0.25, 0.3) is 0 Å². The normalized spacial score (nSPS) is 31.6. The average Bonchev–Trinajstić information content (AvgIpc) is 2.04. The highest BCUT2D eigenvalue weighted by atomic mass is 16.5. The molecule has 11 heavy (non-hydrogen) atoms. The zero-order chi connectivity index (χ0) is 8.27. The van der Waals surface area contributed by atoms with Gasteiger partial charge in [0.25, 0.3) is 0 Å². The van der Waals surface area contributed by atoms with E-state index in [2.05, 4.69) is 13.8 Å². The van der Waals surface area contributed by atoms with Crippen molar-refractivity contribution in [3.05, 3.63) is 0 Å². The molecule has 2 unspecified atom stereocenters. The van der Waals surface area contributed by atoms with Gasteiger partial charge in [0.05, 0.1) is 0 Å². The third kappa shape index (κ3) is 1.95. The summed E-state index contributed by atoms with van der Waals surface area (Å²) in [7, 11) is 0. The van der Waals surface area contributed by atoms with Gasteiger partial charge in [-0.3, -0.25) is 4.79 Å². The van der Waals surface area contributed by atoms with Crippen LogP contribution in [0.3, 0.4) is 0 Å². The molecule has 0 amide bonds. The molecule has 0 spiro atoms. The summed E-state index contributed by atoms with van der Waals surface area (Å²) in [5.74, 6) is 0.597. The fourth-order valence-electron chi connectivity index (χ4n) is 1.70. The molecule has 1 fully saturated rings. The van der Waals surface area contributed by atoms with Crippen molar-refractivity contribution in [2.75, 3.05) is 0 Å². The molecule has 1 aliphatic heterocycles. The van der Waals surface area contributed by atoms with Gasteiger partial charge in [0.15, 0.2) is 0 Å². The van der Waals surface area contributed by atoms with Gasteiger partial charge in [-0.1, -0.05) is 13.8 Å². The minimum atomic E-state index is -0.0125. The van der Waals surface area contributed by atoms with Gasteiger partial charge in [-0.25, -0.2) is 0 Å². The Labute approximate surface area is 67.9 Å². The summed E-state index contributed by atoms with van der Waals surface area (Å²) in [5, 5.41) is 0. The fraction of sp³-hybridized carbons (Fsp3) is 0.889. The Morgan fingerprint density at radius 1 is 1.45 bits per heavy atom. The van der Waals surface area contributed by atoms with E-state index in [0.29, 0.717) is 12.3 Å². The number of carbonyl (C=O) groups is 1. The molecular formula is C9H16O2.